The van der Waals surface area contributed by atoms with Crippen molar-refractivity contribution < 1.29 is 13.2 Å². The van der Waals surface area contributed by atoms with E-state index in [0.29, 0.717) is 5.52 Å². The molecule has 4 rings (SSSR count). The van der Waals surface area contributed by atoms with Crippen LogP contribution < -0.4 is 5.32 Å². The van der Waals surface area contributed by atoms with E-state index >= 15 is 0 Å². The molecule has 8 heteroatoms. The fourth-order valence-electron chi connectivity index (χ4n) is 3.86. The summed E-state index contributed by atoms with van der Waals surface area (Å²) in [6.45, 7) is 1.69. The first-order valence-corrected chi connectivity index (χ1v) is 10.1. The molecule has 0 radical (unpaired) electrons. The van der Waals surface area contributed by atoms with Crippen LogP contribution in [0.4, 0.5) is 0 Å². The van der Waals surface area contributed by atoms with Crippen molar-refractivity contribution in [2.24, 2.45) is 0 Å². The Morgan fingerprint density at radius 1 is 1.25 bits per heavy atom. The lowest BCUT2D eigenvalue weighted by Crippen LogP contribution is -2.42. The molecular weight excluding hydrogens is 328 g/mol. The highest BCUT2D eigenvalue weighted by Crippen LogP contribution is 2.30. The van der Waals surface area contributed by atoms with Crippen molar-refractivity contribution in [1.29, 1.82) is 0 Å². The number of hydrogen-bond acceptors (Lipinski definition) is 5. The average molecular weight is 348 g/mol. The molecule has 1 N–H and O–H groups in total. The molecule has 2 unspecified atom stereocenters. The van der Waals surface area contributed by atoms with E-state index in [1.165, 1.54) is 4.40 Å². The molecule has 2 aliphatic rings. The maximum atomic E-state index is 13.2. The Morgan fingerprint density at radius 2 is 2.04 bits per heavy atom. The number of nitrogens with one attached hydrogen (secondary N) is 1. The molecule has 2 aromatic heterocycles. The number of fused-ring (bicyclic) bond motifs is 3. The lowest BCUT2D eigenvalue weighted by Gasteiger charge is -2.27. The summed E-state index contributed by atoms with van der Waals surface area (Å²) in [5.41, 5.74) is 0.773. The molecule has 1 amide bonds. The van der Waals surface area contributed by atoms with E-state index in [-0.39, 0.29) is 28.8 Å². The smallest absolute Gasteiger partial charge is 0.275 e. The van der Waals surface area contributed by atoms with Gasteiger partial charge >= 0.3 is 0 Å². The summed E-state index contributed by atoms with van der Waals surface area (Å²) in [4.78, 5) is 19.3. The van der Waals surface area contributed by atoms with E-state index in [9.17, 15) is 13.2 Å². The van der Waals surface area contributed by atoms with Gasteiger partial charge in [-0.25, -0.2) is 13.4 Å². The molecule has 0 spiro atoms. The van der Waals surface area contributed by atoms with Crippen molar-refractivity contribution in [3.63, 3.8) is 0 Å². The number of amides is 1. The number of aromatic nitrogens is 2. The quantitative estimate of drug-likeness (QED) is 0.864. The maximum absolute atomic E-state index is 13.2. The van der Waals surface area contributed by atoms with Gasteiger partial charge in [0.2, 0.25) is 15.0 Å². The van der Waals surface area contributed by atoms with Crippen molar-refractivity contribution >= 4 is 21.3 Å². The van der Waals surface area contributed by atoms with Crippen LogP contribution in [0.1, 0.15) is 29.8 Å². The average Bonchev–Trinajstić information content (AvgIpc) is 3.03. The Morgan fingerprint density at radius 3 is 2.83 bits per heavy atom. The zero-order chi connectivity index (χ0) is 16.9. The van der Waals surface area contributed by atoms with Gasteiger partial charge in [0, 0.05) is 31.1 Å². The zero-order valence-electron chi connectivity index (χ0n) is 13.5. The van der Waals surface area contributed by atoms with Gasteiger partial charge in [-0.15, -0.1) is 0 Å². The molecule has 2 bridgehead atoms. The Balaban J connectivity index is 1.83. The molecule has 2 saturated heterocycles. The summed E-state index contributed by atoms with van der Waals surface area (Å²) in [5, 5.41) is 3.28. The summed E-state index contributed by atoms with van der Waals surface area (Å²) in [6.07, 6.45) is 5.65. The van der Waals surface area contributed by atoms with Gasteiger partial charge in [0.25, 0.3) is 5.91 Å². The predicted molar refractivity (Wildman–Crippen MR) is 88.8 cm³/mol. The Labute approximate surface area is 140 Å². The van der Waals surface area contributed by atoms with Crippen molar-refractivity contribution in [1.82, 2.24) is 19.6 Å². The predicted octanol–water partition coefficient (Wildman–Crippen LogP) is 0.704. The van der Waals surface area contributed by atoms with Gasteiger partial charge in [-0.2, -0.15) is 0 Å². The lowest BCUT2D eigenvalue weighted by atomic mass is 10.1. The summed E-state index contributed by atoms with van der Waals surface area (Å²) in [5.74, 6) is -0.162. The number of rotatable bonds is 2. The lowest BCUT2D eigenvalue weighted by molar-refractivity contribution is 0.0676. The van der Waals surface area contributed by atoms with Crippen LogP contribution in [-0.4, -0.2) is 60.0 Å². The van der Waals surface area contributed by atoms with Crippen LogP contribution in [0.2, 0.25) is 0 Å². The molecule has 2 fully saturated rings. The summed E-state index contributed by atoms with van der Waals surface area (Å²) in [6, 6.07) is 5.63. The number of nitrogens with zero attached hydrogens (tertiary/aromatic N) is 3. The van der Waals surface area contributed by atoms with E-state index in [0.717, 1.165) is 38.6 Å². The Bertz CT molecular complexity index is 891. The van der Waals surface area contributed by atoms with Gasteiger partial charge in [0.15, 0.2) is 5.69 Å². The monoisotopic (exact) mass is 348 g/mol. The number of pyridine rings is 1. The largest absolute Gasteiger partial charge is 0.330 e. The minimum atomic E-state index is -3.52. The minimum absolute atomic E-state index is 0.0817. The fourth-order valence-corrected chi connectivity index (χ4v) is 4.64. The van der Waals surface area contributed by atoms with Gasteiger partial charge in [0.1, 0.15) is 0 Å². The number of carbonyl (C=O) groups excluding carboxylic acids is 1. The standard InChI is InChI=1S/C16H20N4O3S/c1-24(22,23)16-18-14(13-4-2-3-9-19(13)16)15(21)20-11-5-6-12(20)10-17-8-7-11/h2-4,9,11-12,17H,5-8,10H2,1H3. The maximum Gasteiger partial charge on any atom is 0.275 e. The molecule has 2 aliphatic heterocycles. The van der Waals surface area contributed by atoms with Gasteiger partial charge < -0.3 is 10.2 Å². The molecule has 0 saturated carbocycles. The van der Waals surface area contributed by atoms with Gasteiger partial charge in [-0.3, -0.25) is 9.20 Å². The fraction of sp³-hybridized carbons (Fsp3) is 0.500. The highest BCUT2D eigenvalue weighted by atomic mass is 32.2. The van der Waals surface area contributed by atoms with E-state index < -0.39 is 9.84 Å². The highest BCUT2D eigenvalue weighted by Gasteiger charge is 2.40. The van der Waals surface area contributed by atoms with Crippen LogP contribution in [0.25, 0.3) is 5.52 Å². The van der Waals surface area contributed by atoms with Crippen molar-refractivity contribution in [3.05, 3.63) is 30.1 Å². The number of carbonyl (C=O) groups is 1. The molecule has 2 aromatic rings. The molecule has 0 aliphatic carbocycles. The third kappa shape index (κ3) is 2.41. The SMILES string of the molecule is CS(=O)(=O)c1nc(C(=O)N2C3CCNCC2CC3)c2ccccn12. The first-order chi connectivity index (χ1) is 11.5. The molecule has 128 valence electrons. The van der Waals surface area contributed by atoms with Crippen molar-refractivity contribution in [2.75, 3.05) is 19.3 Å². The van der Waals surface area contributed by atoms with Gasteiger partial charge in [-0.1, -0.05) is 6.07 Å². The van der Waals surface area contributed by atoms with Gasteiger partial charge in [0.05, 0.1) is 5.52 Å². The first kappa shape index (κ1) is 15.6. The normalized spacial score (nSPS) is 24.3. The van der Waals surface area contributed by atoms with E-state index in [1.54, 1.807) is 24.4 Å². The Hall–Kier alpha value is -1.93. The van der Waals surface area contributed by atoms with Crippen molar-refractivity contribution in [3.8, 4) is 0 Å². The number of imidazole rings is 1. The van der Waals surface area contributed by atoms with E-state index in [4.69, 9.17) is 0 Å². The molecule has 7 nitrogen and oxygen atoms in total. The second-order valence-corrected chi connectivity index (χ2v) is 8.47. The van der Waals surface area contributed by atoms with E-state index in [2.05, 4.69) is 10.3 Å². The van der Waals surface area contributed by atoms with Crippen molar-refractivity contribution in [2.45, 2.75) is 36.5 Å². The first-order valence-electron chi connectivity index (χ1n) is 8.17. The van der Waals surface area contributed by atoms with Crippen LogP contribution in [0.5, 0.6) is 0 Å². The molecule has 4 heterocycles. The van der Waals surface area contributed by atoms with Crippen LogP contribution in [0.15, 0.2) is 29.6 Å². The van der Waals surface area contributed by atoms with Crippen LogP contribution >= 0.6 is 0 Å². The summed E-state index contributed by atoms with van der Waals surface area (Å²) < 4.78 is 25.6. The van der Waals surface area contributed by atoms with Gasteiger partial charge in [-0.05, 0) is 37.9 Å². The number of sulfone groups is 1. The topological polar surface area (TPSA) is 83.8 Å². The minimum Gasteiger partial charge on any atom is -0.330 e. The third-order valence-electron chi connectivity index (χ3n) is 4.94. The highest BCUT2D eigenvalue weighted by molar-refractivity contribution is 7.90. The molecule has 24 heavy (non-hydrogen) atoms. The second-order valence-electron chi connectivity index (χ2n) is 6.56. The molecular formula is C16H20N4O3S. The number of hydrogen-bond donors (Lipinski definition) is 1. The zero-order valence-corrected chi connectivity index (χ0v) is 14.3. The molecule has 0 aromatic carbocycles. The van der Waals surface area contributed by atoms with Crippen LogP contribution in [0, 0.1) is 0 Å². The van der Waals surface area contributed by atoms with E-state index in [1.807, 2.05) is 4.90 Å². The molecule has 2 atom stereocenters. The van der Waals surface area contributed by atoms with Crippen LogP contribution in [-0.2, 0) is 9.84 Å². The Kier molecular flexibility index (Phi) is 3.61. The van der Waals surface area contributed by atoms with Crippen LogP contribution in [0.3, 0.4) is 0 Å². The summed E-state index contributed by atoms with van der Waals surface area (Å²) >= 11 is 0. The third-order valence-corrected chi connectivity index (χ3v) is 5.89. The second kappa shape index (κ2) is 5.56. The summed E-state index contributed by atoms with van der Waals surface area (Å²) in [7, 11) is -3.52.